The van der Waals surface area contributed by atoms with Crippen molar-refractivity contribution < 1.29 is 9.05 Å². The van der Waals surface area contributed by atoms with Crippen molar-refractivity contribution in [1.29, 1.82) is 0 Å². The molecule has 1 aromatic carbocycles. The van der Waals surface area contributed by atoms with Crippen molar-refractivity contribution in [1.82, 2.24) is 10.3 Å². The molecule has 0 heterocycles. The molecule has 0 amide bonds. The highest BCUT2D eigenvalue weighted by Crippen LogP contribution is 2.55. The zero-order chi connectivity index (χ0) is 14.3. The Balaban J connectivity index is 3.08. The van der Waals surface area contributed by atoms with Gasteiger partial charge in [0.05, 0.1) is 13.2 Å². The molecule has 0 spiro atoms. The summed E-state index contributed by atoms with van der Waals surface area (Å²) in [7, 11) is -1.14. The quantitative estimate of drug-likeness (QED) is 0.370. The zero-order valence-corrected chi connectivity index (χ0v) is 14.7. The van der Waals surface area contributed by atoms with Crippen LogP contribution in [-0.4, -0.2) is 13.2 Å². The third kappa shape index (κ3) is 4.67. The van der Waals surface area contributed by atoms with Gasteiger partial charge in [0.15, 0.2) is 8.38 Å². The van der Waals surface area contributed by atoms with Gasteiger partial charge in [0.25, 0.3) is 0 Å². The van der Waals surface area contributed by atoms with Crippen molar-refractivity contribution in [2.24, 2.45) is 0 Å². The van der Waals surface area contributed by atoms with Crippen LogP contribution in [0.1, 0.15) is 26.3 Å². The standard InChI is InChI=1S/C12H20BrN2O2PS/c1-4-16-18(17-5-2)12(3,14-15-19)10-6-8-11(13)9-7-10/h6-9,14-15,19H,4-5H2,1-3H3/t12-/m1/s1. The molecule has 0 aromatic heterocycles. The number of halogens is 1. The van der Waals surface area contributed by atoms with Gasteiger partial charge in [-0.1, -0.05) is 40.9 Å². The van der Waals surface area contributed by atoms with E-state index in [0.717, 1.165) is 10.0 Å². The van der Waals surface area contributed by atoms with Crippen LogP contribution >= 0.6 is 37.1 Å². The molecule has 1 atom stereocenters. The van der Waals surface area contributed by atoms with Gasteiger partial charge in [-0.05, 0) is 38.5 Å². The molecule has 0 aliphatic carbocycles. The molecular formula is C12H20BrN2O2PS. The first-order chi connectivity index (χ1) is 9.08. The van der Waals surface area contributed by atoms with Gasteiger partial charge in [-0.15, -0.1) is 0 Å². The lowest BCUT2D eigenvalue weighted by molar-refractivity contribution is 0.238. The summed E-state index contributed by atoms with van der Waals surface area (Å²) in [5, 5.41) is -0.482. The van der Waals surface area contributed by atoms with Crippen molar-refractivity contribution in [3.8, 4) is 0 Å². The van der Waals surface area contributed by atoms with Crippen molar-refractivity contribution in [3.63, 3.8) is 0 Å². The van der Waals surface area contributed by atoms with Gasteiger partial charge in [0, 0.05) is 4.47 Å². The highest BCUT2D eigenvalue weighted by molar-refractivity contribution is 9.10. The molecule has 4 nitrogen and oxygen atoms in total. The number of benzene rings is 1. The zero-order valence-electron chi connectivity index (χ0n) is 11.3. The summed E-state index contributed by atoms with van der Waals surface area (Å²) in [6.07, 6.45) is 0. The van der Waals surface area contributed by atoms with Crippen LogP contribution in [0.2, 0.25) is 0 Å². The van der Waals surface area contributed by atoms with E-state index in [1.54, 1.807) is 0 Å². The number of hydrazine groups is 1. The molecule has 7 heteroatoms. The van der Waals surface area contributed by atoms with Crippen LogP contribution in [0.3, 0.4) is 0 Å². The number of rotatable bonds is 8. The van der Waals surface area contributed by atoms with Crippen LogP contribution in [0.5, 0.6) is 0 Å². The molecule has 0 fully saturated rings. The minimum Gasteiger partial charge on any atom is -0.333 e. The van der Waals surface area contributed by atoms with E-state index in [2.05, 4.69) is 39.0 Å². The molecule has 0 bridgehead atoms. The molecule has 0 saturated carbocycles. The summed E-state index contributed by atoms with van der Waals surface area (Å²) < 4.78 is 12.6. The maximum absolute atomic E-state index is 5.78. The van der Waals surface area contributed by atoms with Crippen molar-refractivity contribution in [3.05, 3.63) is 34.3 Å². The second-order valence-corrected chi connectivity index (χ2v) is 6.97. The van der Waals surface area contributed by atoms with E-state index in [9.17, 15) is 0 Å². The highest BCUT2D eigenvalue weighted by Gasteiger charge is 2.38. The Labute approximate surface area is 130 Å². The predicted molar refractivity (Wildman–Crippen MR) is 86.9 cm³/mol. The second kappa shape index (κ2) is 8.57. The minimum absolute atomic E-state index is 0.482. The summed E-state index contributed by atoms with van der Waals surface area (Å²) in [4.78, 5) is 2.71. The van der Waals surface area contributed by atoms with Crippen LogP contribution < -0.4 is 10.3 Å². The fourth-order valence-corrected chi connectivity index (χ4v) is 3.78. The maximum atomic E-state index is 5.78. The van der Waals surface area contributed by atoms with E-state index in [4.69, 9.17) is 9.05 Å². The van der Waals surface area contributed by atoms with E-state index < -0.39 is 13.7 Å². The lowest BCUT2D eigenvalue weighted by Gasteiger charge is -2.36. The Hall–Kier alpha value is 0.320. The lowest BCUT2D eigenvalue weighted by atomic mass is 10.1. The molecule has 0 aliphatic rings. The van der Waals surface area contributed by atoms with E-state index in [1.807, 2.05) is 45.0 Å². The van der Waals surface area contributed by atoms with Gasteiger partial charge in [-0.25, -0.2) is 10.3 Å². The van der Waals surface area contributed by atoms with E-state index in [-0.39, 0.29) is 0 Å². The van der Waals surface area contributed by atoms with Crippen LogP contribution in [0.25, 0.3) is 0 Å². The highest BCUT2D eigenvalue weighted by atomic mass is 79.9. The van der Waals surface area contributed by atoms with Crippen LogP contribution in [0.4, 0.5) is 0 Å². The smallest absolute Gasteiger partial charge is 0.198 e. The van der Waals surface area contributed by atoms with Gasteiger partial charge >= 0.3 is 0 Å². The third-order valence-corrected chi connectivity index (χ3v) is 5.29. The fourth-order valence-electron chi connectivity index (χ4n) is 1.64. The van der Waals surface area contributed by atoms with E-state index in [0.29, 0.717) is 13.2 Å². The Morgan fingerprint density at radius 3 is 2.16 bits per heavy atom. The molecule has 1 aromatic rings. The van der Waals surface area contributed by atoms with Gasteiger partial charge in [0.1, 0.15) is 5.28 Å². The summed E-state index contributed by atoms with van der Waals surface area (Å²) in [5.41, 5.74) is 4.22. The van der Waals surface area contributed by atoms with Crippen molar-refractivity contribution in [2.45, 2.75) is 26.1 Å². The molecule has 0 unspecified atom stereocenters. The van der Waals surface area contributed by atoms with Crippen molar-refractivity contribution >= 4 is 37.1 Å². The third-order valence-electron chi connectivity index (χ3n) is 2.56. The summed E-state index contributed by atoms with van der Waals surface area (Å²) in [5.74, 6) is 0. The Morgan fingerprint density at radius 1 is 1.21 bits per heavy atom. The van der Waals surface area contributed by atoms with Crippen molar-refractivity contribution in [2.75, 3.05) is 13.2 Å². The van der Waals surface area contributed by atoms with Gasteiger partial charge in [-0.3, -0.25) is 0 Å². The van der Waals surface area contributed by atoms with Gasteiger partial charge in [-0.2, -0.15) is 0 Å². The first kappa shape index (κ1) is 17.4. The fraction of sp³-hybridized carbons (Fsp3) is 0.500. The SMILES string of the molecule is CCOP(OCC)[C@@](C)(NNS)c1ccc(Br)cc1. The molecule has 19 heavy (non-hydrogen) atoms. The molecule has 0 aliphatic heterocycles. The maximum Gasteiger partial charge on any atom is 0.198 e. The Kier molecular flexibility index (Phi) is 7.84. The summed E-state index contributed by atoms with van der Waals surface area (Å²) in [6, 6.07) is 8.07. The van der Waals surface area contributed by atoms with E-state index >= 15 is 0 Å². The number of nitrogens with one attached hydrogen (secondary N) is 2. The predicted octanol–water partition coefficient (Wildman–Crippen LogP) is 3.95. The van der Waals surface area contributed by atoms with Crippen LogP contribution in [0.15, 0.2) is 28.7 Å². The Bertz CT molecular complexity index is 376. The summed E-state index contributed by atoms with van der Waals surface area (Å²) >= 11 is 7.49. The molecule has 0 radical (unpaired) electrons. The van der Waals surface area contributed by atoms with Gasteiger partial charge in [0.2, 0.25) is 0 Å². The second-order valence-electron chi connectivity index (χ2n) is 3.91. The van der Waals surface area contributed by atoms with Crippen LogP contribution in [0, 0.1) is 0 Å². The van der Waals surface area contributed by atoms with E-state index in [1.165, 1.54) is 0 Å². The lowest BCUT2D eigenvalue weighted by Crippen LogP contribution is -2.43. The minimum atomic E-state index is -1.14. The molecule has 1 rings (SSSR count). The Morgan fingerprint density at radius 2 is 1.74 bits per heavy atom. The largest absolute Gasteiger partial charge is 0.333 e. The molecular weight excluding hydrogens is 347 g/mol. The topological polar surface area (TPSA) is 42.5 Å². The molecule has 108 valence electrons. The number of hydrogen-bond donors (Lipinski definition) is 3. The average molecular weight is 367 g/mol. The average Bonchev–Trinajstić information content (AvgIpc) is 2.39. The van der Waals surface area contributed by atoms with Crippen LogP contribution in [-0.2, 0) is 14.3 Å². The molecule has 2 N–H and O–H groups in total. The molecule has 0 saturated heterocycles. The monoisotopic (exact) mass is 366 g/mol. The van der Waals surface area contributed by atoms with Gasteiger partial charge < -0.3 is 9.05 Å². The summed E-state index contributed by atoms with van der Waals surface area (Å²) in [6.45, 7) is 7.17. The number of hydrogen-bond acceptors (Lipinski definition) is 5. The normalized spacial score (nSPS) is 14.6. The first-order valence-electron chi connectivity index (χ1n) is 6.06. The number of thiol groups is 1. The first-order valence-corrected chi connectivity index (χ1v) is 8.48.